The van der Waals surface area contributed by atoms with Crippen molar-refractivity contribution in [3.8, 4) is 17.3 Å². The van der Waals surface area contributed by atoms with E-state index in [1.807, 2.05) is 12.3 Å². The maximum atomic E-state index is 6.63. The number of benzene rings is 3. The molecule has 0 amide bonds. The van der Waals surface area contributed by atoms with Crippen LogP contribution < -0.4 is 4.74 Å². The van der Waals surface area contributed by atoms with Crippen molar-refractivity contribution in [3.05, 3.63) is 95.2 Å². The fourth-order valence-electron chi connectivity index (χ4n) is 5.98. The molecule has 5 aromatic rings. The van der Waals surface area contributed by atoms with E-state index in [-0.39, 0.29) is 48.3 Å². The molecule has 0 spiro atoms. The maximum absolute atomic E-state index is 6.63. The Bertz CT molecular complexity index is 2060. The SMILES string of the molecule is CC(C)(C)c1cc(Oc2[c-]c3c(cc2)c2cc(C(C)(C)C)ccc2n3-c2cc(C(C)(C)C)ccn2)[c-]c(C2=N[C@](C)(C(C)(C)C)CO2)c1.[Pt+2]. The van der Waals surface area contributed by atoms with Crippen molar-refractivity contribution in [2.45, 2.75) is 112 Å². The van der Waals surface area contributed by atoms with Crippen LogP contribution in [0, 0.1) is 17.5 Å². The van der Waals surface area contributed by atoms with E-state index < -0.39 is 0 Å². The van der Waals surface area contributed by atoms with E-state index in [0.29, 0.717) is 24.0 Å². The first kappa shape index (κ1) is 36.8. The van der Waals surface area contributed by atoms with Crippen LogP contribution in [0.15, 0.2) is 65.8 Å². The van der Waals surface area contributed by atoms with Gasteiger partial charge < -0.3 is 14.0 Å². The molecule has 49 heavy (non-hydrogen) atoms. The van der Waals surface area contributed by atoms with Crippen molar-refractivity contribution in [2.24, 2.45) is 10.4 Å². The molecule has 2 aromatic heterocycles. The van der Waals surface area contributed by atoms with Gasteiger partial charge in [0.2, 0.25) is 0 Å². The van der Waals surface area contributed by atoms with Gasteiger partial charge in [0.05, 0.1) is 5.54 Å². The summed E-state index contributed by atoms with van der Waals surface area (Å²) in [4.78, 5) is 9.95. The Morgan fingerprint density at radius 1 is 0.714 bits per heavy atom. The molecule has 260 valence electrons. The van der Waals surface area contributed by atoms with Gasteiger partial charge in [-0.3, -0.25) is 4.99 Å². The summed E-state index contributed by atoms with van der Waals surface area (Å²) in [6.45, 7) is 29.4. The predicted molar refractivity (Wildman–Crippen MR) is 199 cm³/mol. The van der Waals surface area contributed by atoms with E-state index in [9.17, 15) is 0 Å². The third-order valence-corrected chi connectivity index (χ3v) is 9.97. The van der Waals surface area contributed by atoms with E-state index in [0.717, 1.165) is 33.4 Å². The van der Waals surface area contributed by atoms with Crippen LogP contribution in [0.25, 0.3) is 27.6 Å². The van der Waals surface area contributed by atoms with Gasteiger partial charge in [-0.1, -0.05) is 118 Å². The number of ether oxygens (including phenoxy) is 2. The molecule has 0 bridgehead atoms. The molecule has 0 saturated heterocycles. The first-order valence-corrected chi connectivity index (χ1v) is 17.1. The molecule has 5 nitrogen and oxygen atoms in total. The summed E-state index contributed by atoms with van der Waals surface area (Å²) in [7, 11) is 0. The first-order chi connectivity index (χ1) is 22.1. The Hall–Kier alpha value is -3.43. The third-order valence-electron chi connectivity index (χ3n) is 9.97. The molecule has 3 heterocycles. The Morgan fingerprint density at radius 3 is 1.98 bits per heavy atom. The quantitative estimate of drug-likeness (QED) is 0.169. The average molecular weight is 837 g/mol. The monoisotopic (exact) mass is 836 g/mol. The minimum atomic E-state index is -0.327. The molecule has 6 heteroatoms. The van der Waals surface area contributed by atoms with Crippen molar-refractivity contribution in [3.63, 3.8) is 0 Å². The van der Waals surface area contributed by atoms with Crippen molar-refractivity contribution < 1.29 is 30.5 Å². The van der Waals surface area contributed by atoms with Crippen LogP contribution in [-0.2, 0) is 42.0 Å². The van der Waals surface area contributed by atoms with Gasteiger partial charge >= 0.3 is 21.1 Å². The molecule has 0 radical (unpaired) electrons. The first-order valence-electron chi connectivity index (χ1n) is 17.1. The molecular formula is C43H51N3O2Pt. The molecule has 1 aliphatic heterocycles. The van der Waals surface area contributed by atoms with Crippen LogP contribution in [0.5, 0.6) is 11.5 Å². The zero-order chi connectivity index (χ0) is 35.0. The van der Waals surface area contributed by atoms with E-state index in [2.05, 4.69) is 155 Å². The normalized spacial score (nSPS) is 17.2. The summed E-state index contributed by atoms with van der Waals surface area (Å²) in [5, 5.41) is 2.28. The fourth-order valence-corrected chi connectivity index (χ4v) is 5.98. The molecule has 6 rings (SSSR count). The number of nitrogens with zero attached hydrogens (tertiary/aromatic N) is 3. The zero-order valence-electron chi connectivity index (χ0n) is 31.5. The number of pyridine rings is 1. The van der Waals surface area contributed by atoms with E-state index in [1.54, 1.807) is 0 Å². The predicted octanol–water partition coefficient (Wildman–Crippen LogP) is 11.0. The summed E-state index contributed by atoms with van der Waals surface area (Å²) in [5.41, 5.74) is 5.95. The van der Waals surface area contributed by atoms with E-state index in [1.165, 1.54) is 16.5 Å². The minimum Gasteiger partial charge on any atom is -0.518 e. The largest absolute Gasteiger partial charge is 2.00 e. The number of hydrogen-bond acceptors (Lipinski definition) is 4. The zero-order valence-corrected chi connectivity index (χ0v) is 33.7. The van der Waals surface area contributed by atoms with Crippen LogP contribution in [0.2, 0.25) is 0 Å². The molecule has 0 unspecified atom stereocenters. The molecule has 1 aliphatic rings. The fraction of sp³-hybridized carbons (Fsp3) is 0.442. The van der Waals surface area contributed by atoms with E-state index >= 15 is 0 Å². The smallest absolute Gasteiger partial charge is 0.518 e. The topological polar surface area (TPSA) is 48.6 Å². The van der Waals surface area contributed by atoms with Gasteiger partial charge in [-0.05, 0) is 63.3 Å². The Kier molecular flexibility index (Phi) is 9.33. The third kappa shape index (κ3) is 7.11. The van der Waals surface area contributed by atoms with Crippen molar-refractivity contribution in [2.75, 3.05) is 6.61 Å². The summed E-state index contributed by atoms with van der Waals surface area (Å²) >= 11 is 0. The Labute approximate surface area is 307 Å². The second-order valence-electron chi connectivity index (χ2n) is 17.8. The van der Waals surface area contributed by atoms with Crippen molar-refractivity contribution in [1.82, 2.24) is 9.55 Å². The van der Waals surface area contributed by atoms with Gasteiger partial charge in [-0.15, -0.1) is 29.1 Å². The summed E-state index contributed by atoms with van der Waals surface area (Å²) < 4.78 is 15.1. The second kappa shape index (κ2) is 12.4. The Morgan fingerprint density at radius 2 is 1.37 bits per heavy atom. The molecule has 0 fully saturated rings. The molecular weight excluding hydrogens is 786 g/mol. The van der Waals surface area contributed by atoms with Crippen LogP contribution in [0.4, 0.5) is 0 Å². The number of hydrogen-bond donors (Lipinski definition) is 0. The van der Waals surface area contributed by atoms with Crippen LogP contribution in [-0.4, -0.2) is 27.6 Å². The summed E-state index contributed by atoms with van der Waals surface area (Å²) in [6.07, 6.45) is 1.91. The summed E-state index contributed by atoms with van der Waals surface area (Å²) in [6, 6.07) is 26.6. The molecule has 3 aromatic carbocycles. The molecule has 0 N–H and O–H groups in total. The minimum absolute atomic E-state index is 0. The maximum Gasteiger partial charge on any atom is 2.00 e. The number of rotatable bonds is 4. The van der Waals surface area contributed by atoms with Gasteiger partial charge in [0.1, 0.15) is 18.3 Å². The average Bonchev–Trinajstić information content (AvgIpc) is 3.54. The summed E-state index contributed by atoms with van der Waals surface area (Å²) in [5.74, 6) is 2.69. The van der Waals surface area contributed by atoms with Gasteiger partial charge in [-0.25, -0.2) is 4.98 Å². The van der Waals surface area contributed by atoms with Crippen LogP contribution >= 0.6 is 0 Å². The van der Waals surface area contributed by atoms with Crippen molar-refractivity contribution >= 4 is 27.7 Å². The van der Waals surface area contributed by atoms with Crippen LogP contribution in [0.1, 0.15) is 112 Å². The second-order valence-corrected chi connectivity index (χ2v) is 17.8. The van der Waals surface area contributed by atoms with Gasteiger partial charge in [0.15, 0.2) is 0 Å². The number of fused-ring (bicyclic) bond motifs is 3. The van der Waals surface area contributed by atoms with Crippen LogP contribution in [0.3, 0.4) is 0 Å². The van der Waals surface area contributed by atoms with Gasteiger partial charge in [0.25, 0.3) is 0 Å². The standard InChI is InChI=1S/C43H51N3O2.Pt/c1-39(2,3)28-14-17-35-34(23-28)33-16-15-31(25-36(33)46(35)37-24-29(18-19-44-37)40(4,5)6)48-32-21-27(20-30(22-32)41(7,8)9)38-45-43(13,26-47-38)42(10,11)12;/h14-20,22-24H,26H2,1-13H3;/q-2;+2/t43-;/m0./s1. The molecule has 1 atom stereocenters. The molecule has 0 saturated carbocycles. The molecule has 0 aliphatic carbocycles. The van der Waals surface area contributed by atoms with E-state index in [4.69, 9.17) is 19.5 Å². The number of aliphatic imine (C=N–C) groups is 1. The van der Waals surface area contributed by atoms with Gasteiger partial charge in [0, 0.05) is 23.2 Å². The Balaban J connectivity index is 0.00000468. The number of aromatic nitrogens is 2. The van der Waals surface area contributed by atoms with Crippen molar-refractivity contribution in [1.29, 1.82) is 0 Å². The van der Waals surface area contributed by atoms with Gasteiger partial charge in [-0.2, -0.15) is 6.07 Å².